The van der Waals surface area contributed by atoms with E-state index >= 15 is 0 Å². The molecule has 0 aliphatic rings. The Bertz CT molecular complexity index is 788. The van der Waals surface area contributed by atoms with Gasteiger partial charge in [-0.3, -0.25) is 18.6 Å². The quantitative estimate of drug-likeness (QED) is 0.0300. The zero-order valence-corrected chi connectivity index (χ0v) is 31.6. The molecule has 0 aliphatic carbocycles. The number of hydrogen-bond donors (Lipinski definition) is 1. The molecule has 0 spiro atoms. The highest BCUT2D eigenvalue weighted by atomic mass is 31.2. The number of allylic oxidation sites excluding steroid dienone is 2. The molecule has 0 bridgehead atoms. The fourth-order valence-corrected chi connectivity index (χ4v) is 5.94. The van der Waals surface area contributed by atoms with Gasteiger partial charge in [0.15, 0.2) is 6.10 Å². The Morgan fingerprint density at radius 1 is 0.574 bits per heavy atom. The molecule has 8 nitrogen and oxygen atoms in total. The Hall–Kier alpha value is -1.21. The van der Waals surface area contributed by atoms with Gasteiger partial charge in [0, 0.05) is 20.0 Å². The smallest absolute Gasteiger partial charge is 0.462 e. The Morgan fingerprint density at radius 2 is 1.00 bits per heavy atom. The number of carbonyl (C=O) groups excluding carboxylic acids is 2. The van der Waals surface area contributed by atoms with Gasteiger partial charge in [-0.25, -0.2) is 4.57 Å². The number of esters is 2. The second kappa shape index (κ2) is 34.6. The van der Waals surface area contributed by atoms with Crippen LogP contribution in [0.2, 0.25) is 0 Å². The SMILES string of the molecule is CCC/C=C\CCCCCCCC(=O)OC(COC(=O)CCCCCCCCCCCCCCCCCCCC)COP(=O)(O)OC. The number of hydrogen-bond acceptors (Lipinski definition) is 7. The summed E-state index contributed by atoms with van der Waals surface area (Å²) in [5, 5.41) is 0. The molecular formula is C38H73O8P. The van der Waals surface area contributed by atoms with Crippen molar-refractivity contribution in [3.63, 3.8) is 0 Å². The predicted molar refractivity (Wildman–Crippen MR) is 193 cm³/mol. The maximum Gasteiger partial charge on any atom is 0.472 e. The molecule has 0 saturated heterocycles. The zero-order valence-electron chi connectivity index (χ0n) is 30.7. The minimum Gasteiger partial charge on any atom is -0.462 e. The third-order valence-electron chi connectivity index (χ3n) is 8.49. The third-order valence-corrected chi connectivity index (χ3v) is 9.43. The first-order chi connectivity index (χ1) is 22.8. The van der Waals surface area contributed by atoms with E-state index in [0.29, 0.717) is 12.8 Å². The van der Waals surface area contributed by atoms with Crippen molar-refractivity contribution >= 4 is 19.8 Å². The fourth-order valence-electron chi connectivity index (χ4n) is 5.48. The normalized spacial score (nSPS) is 13.5. The van der Waals surface area contributed by atoms with Crippen molar-refractivity contribution in [2.75, 3.05) is 20.3 Å². The molecule has 47 heavy (non-hydrogen) atoms. The van der Waals surface area contributed by atoms with Gasteiger partial charge in [0.25, 0.3) is 0 Å². The van der Waals surface area contributed by atoms with Crippen LogP contribution in [0.25, 0.3) is 0 Å². The van der Waals surface area contributed by atoms with Crippen molar-refractivity contribution < 1.29 is 37.6 Å². The van der Waals surface area contributed by atoms with E-state index in [1.54, 1.807) is 0 Å². The Morgan fingerprint density at radius 3 is 1.47 bits per heavy atom. The van der Waals surface area contributed by atoms with E-state index in [1.807, 2.05) is 0 Å². The van der Waals surface area contributed by atoms with Crippen LogP contribution in [0.1, 0.15) is 194 Å². The van der Waals surface area contributed by atoms with E-state index < -0.39 is 26.5 Å². The fraction of sp³-hybridized carbons (Fsp3) is 0.895. The Labute approximate surface area is 289 Å². The van der Waals surface area contributed by atoms with Crippen LogP contribution in [0.4, 0.5) is 0 Å². The highest BCUT2D eigenvalue weighted by Gasteiger charge is 2.24. The summed E-state index contributed by atoms with van der Waals surface area (Å²) in [6.45, 7) is 3.82. The lowest BCUT2D eigenvalue weighted by Gasteiger charge is -2.19. The first kappa shape index (κ1) is 45.8. The van der Waals surface area contributed by atoms with E-state index in [2.05, 4.69) is 30.5 Å². The standard InChI is InChI=1S/C38H73O8P/c1-4-6-8-10-12-14-16-17-18-19-20-21-22-23-25-26-28-30-32-37(39)44-34-36(35-45-47(41,42)43-3)46-38(40)33-31-29-27-24-15-13-11-9-7-5-2/h9,11,36H,4-8,10,12-35H2,1-3H3,(H,41,42)/b11-9-. The van der Waals surface area contributed by atoms with Gasteiger partial charge in [0.2, 0.25) is 0 Å². The average Bonchev–Trinajstić information content (AvgIpc) is 3.06. The molecule has 9 heteroatoms. The summed E-state index contributed by atoms with van der Waals surface area (Å²) in [5.41, 5.74) is 0. The molecule has 1 N–H and O–H groups in total. The highest BCUT2D eigenvalue weighted by molar-refractivity contribution is 7.47. The number of phosphoric acid groups is 1. The molecule has 0 radical (unpaired) electrons. The van der Waals surface area contributed by atoms with Crippen molar-refractivity contribution in [2.45, 2.75) is 200 Å². The molecule has 2 atom stereocenters. The van der Waals surface area contributed by atoms with Gasteiger partial charge in [-0.2, -0.15) is 0 Å². The van der Waals surface area contributed by atoms with Crippen molar-refractivity contribution in [1.29, 1.82) is 0 Å². The van der Waals surface area contributed by atoms with Crippen LogP contribution < -0.4 is 0 Å². The molecule has 278 valence electrons. The topological polar surface area (TPSA) is 108 Å². The van der Waals surface area contributed by atoms with E-state index in [1.165, 1.54) is 103 Å². The largest absolute Gasteiger partial charge is 0.472 e. The van der Waals surface area contributed by atoms with E-state index in [0.717, 1.165) is 64.9 Å². The summed E-state index contributed by atoms with van der Waals surface area (Å²) in [7, 11) is -3.19. The second-order valence-corrected chi connectivity index (χ2v) is 14.6. The van der Waals surface area contributed by atoms with E-state index in [9.17, 15) is 19.0 Å². The van der Waals surface area contributed by atoms with Crippen molar-refractivity contribution in [1.82, 2.24) is 0 Å². The van der Waals surface area contributed by atoms with Crippen LogP contribution in [0.5, 0.6) is 0 Å². The summed E-state index contributed by atoms with van der Waals surface area (Å²) in [6.07, 6.45) is 35.6. The van der Waals surface area contributed by atoms with Crippen LogP contribution in [-0.2, 0) is 32.7 Å². The molecule has 0 heterocycles. The van der Waals surface area contributed by atoms with Crippen LogP contribution in [0.15, 0.2) is 12.2 Å². The van der Waals surface area contributed by atoms with Gasteiger partial charge < -0.3 is 14.4 Å². The van der Waals surface area contributed by atoms with Crippen LogP contribution in [0, 0.1) is 0 Å². The predicted octanol–water partition coefficient (Wildman–Crippen LogP) is 11.7. The molecule has 0 saturated carbocycles. The summed E-state index contributed by atoms with van der Waals surface area (Å²) in [5.74, 6) is -0.808. The first-order valence-corrected chi connectivity index (χ1v) is 20.9. The number of unbranched alkanes of at least 4 members (excludes halogenated alkanes) is 23. The molecule has 0 aromatic carbocycles. The lowest BCUT2D eigenvalue weighted by atomic mass is 10.0. The lowest BCUT2D eigenvalue weighted by Crippen LogP contribution is -2.29. The van der Waals surface area contributed by atoms with Crippen molar-refractivity contribution in [3.8, 4) is 0 Å². The molecule has 0 aliphatic heterocycles. The van der Waals surface area contributed by atoms with Gasteiger partial charge in [-0.1, -0.05) is 161 Å². The van der Waals surface area contributed by atoms with Gasteiger partial charge >= 0.3 is 19.8 Å². The molecule has 0 rings (SSSR count). The molecule has 0 aromatic heterocycles. The number of phosphoric ester groups is 1. The van der Waals surface area contributed by atoms with Crippen molar-refractivity contribution in [2.24, 2.45) is 0 Å². The van der Waals surface area contributed by atoms with Crippen LogP contribution in [0.3, 0.4) is 0 Å². The molecule has 2 unspecified atom stereocenters. The Kier molecular flexibility index (Phi) is 33.8. The minimum absolute atomic E-state index is 0.223. The number of ether oxygens (including phenoxy) is 2. The highest BCUT2D eigenvalue weighted by Crippen LogP contribution is 2.42. The molecule has 0 fully saturated rings. The first-order valence-electron chi connectivity index (χ1n) is 19.4. The van der Waals surface area contributed by atoms with Gasteiger partial charge in [0.1, 0.15) is 6.61 Å². The van der Waals surface area contributed by atoms with Crippen LogP contribution >= 0.6 is 7.82 Å². The molecular weight excluding hydrogens is 615 g/mol. The maximum atomic E-state index is 12.4. The summed E-state index contributed by atoms with van der Waals surface area (Å²) >= 11 is 0. The lowest BCUT2D eigenvalue weighted by molar-refractivity contribution is -0.161. The van der Waals surface area contributed by atoms with E-state index in [4.69, 9.17) is 14.0 Å². The van der Waals surface area contributed by atoms with Gasteiger partial charge in [-0.15, -0.1) is 0 Å². The number of rotatable bonds is 36. The number of carbonyl (C=O) groups is 2. The van der Waals surface area contributed by atoms with E-state index in [-0.39, 0.29) is 19.0 Å². The summed E-state index contributed by atoms with van der Waals surface area (Å²) < 4.78 is 31.8. The third kappa shape index (κ3) is 34.5. The summed E-state index contributed by atoms with van der Waals surface area (Å²) in [6, 6.07) is 0. The minimum atomic E-state index is -4.25. The Balaban J connectivity index is 3.95. The van der Waals surface area contributed by atoms with Gasteiger partial charge in [-0.05, 0) is 32.1 Å². The van der Waals surface area contributed by atoms with Gasteiger partial charge in [0.05, 0.1) is 6.61 Å². The zero-order chi connectivity index (χ0) is 34.7. The van der Waals surface area contributed by atoms with Crippen LogP contribution in [-0.4, -0.2) is 43.3 Å². The molecule has 0 aromatic rings. The van der Waals surface area contributed by atoms with Crippen molar-refractivity contribution in [3.05, 3.63) is 12.2 Å². The maximum absolute atomic E-state index is 12.4. The monoisotopic (exact) mass is 689 g/mol. The summed E-state index contributed by atoms with van der Waals surface area (Å²) in [4.78, 5) is 34.3. The average molecular weight is 689 g/mol. The molecule has 0 amide bonds. The second-order valence-electron chi connectivity index (χ2n) is 13.1.